The third kappa shape index (κ3) is 3.07. The Kier molecular flexibility index (Phi) is 4.32. The number of thioether (sulfide) groups is 1. The second kappa shape index (κ2) is 5.78. The van der Waals surface area contributed by atoms with Crippen LogP contribution in [0.5, 0.6) is 0 Å². The van der Waals surface area contributed by atoms with Gasteiger partial charge in [-0.2, -0.15) is 4.98 Å². The van der Waals surface area contributed by atoms with Gasteiger partial charge in [-0.05, 0) is 48.5 Å². The summed E-state index contributed by atoms with van der Waals surface area (Å²) in [5.74, 6) is 0.511. The number of benzene rings is 1. The molecule has 0 bridgehead atoms. The maximum Gasteiger partial charge on any atom is 0.224 e. The largest absolute Gasteiger partial charge is 0.339 e. The van der Waals surface area contributed by atoms with Crippen LogP contribution in [0.1, 0.15) is 5.56 Å². The molecular weight excluding hydrogens is 289 g/mol. The van der Waals surface area contributed by atoms with Gasteiger partial charge in [-0.3, -0.25) is 0 Å². The highest BCUT2D eigenvalue weighted by Crippen LogP contribution is 2.27. The van der Waals surface area contributed by atoms with Crippen LogP contribution in [0.15, 0.2) is 29.3 Å². The Morgan fingerprint density at radius 1 is 1.28 bits per heavy atom. The van der Waals surface area contributed by atoms with Crippen molar-refractivity contribution in [1.82, 2.24) is 9.97 Å². The van der Waals surface area contributed by atoms with Gasteiger partial charge in [0.1, 0.15) is 5.02 Å². The highest BCUT2D eigenvalue weighted by Gasteiger charge is 2.06. The zero-order valence-corrected chi connectivity index (χ0v) is 12.2. The number of hydrogen-bond acceptors (Lipinski definition) is 4. The highest BCUT2D eigenvalue weighted by atomic mass is 35.5. The van der Waals surface area contributed by atoms with E-state index in [4.69, 9.17) is 23.2 Å². The molecule has 0 aliphatic rings. The molecule has 0 saturated carbocycles. The van der Waals surface area contributed by atoms with Gasteiger partial charge in [0.05, 0.1) is 6.20 Å². The van der Waals surface area contributed by atoms with Gasteiger partial charge in [-0.25, -0.2) is 4.98 Å². The zero-order valence-electron chi connectivity index (χ0n) is 9.87. The first-order valence-corrected chi connectivity index (χ1v) is 7.18. The average Bonchev–Trinajstić information content (AvgIpc) is 2.36. The summed E-state index contributed by atoms with van der Waals surface area (Å²) >= 11 is 13.5. The van der Waals surface area contributed by atoms with Crippen LogP contribution in [0.25, 0.3) is 0 Å². The third-order valence-corrected chi connectivity index (χ3v) is 3.59. The van der Waals surface area contributed by atoms with E-state index in [-0.39, 0.29) is 5.28 Å². The molecule has 0 saturated heterocycles. The molecule has 2 aromatic rings. The first-order chi connectivity index (χ1) is 8.60. The van der Waals surface area contributed by atoms with Gasteiger partial charge >= 0.3 is 0 Å². The molecule has 1 aromatic heterocycles. The molecule has 1 heterocycles. The lowest BCUT2D eigenvalue weighted by Gasteiger charge is -2.11. The van der Waals surface area contributed by atoms with Gasteiger partial charge in [0.25, 0.3) is 0 Å². The molecule has 0 aliphatic heterocycles. The summed E-state index contributed by atoms with van der Waals surface area (Å²) in [7, 11) is 0. The fourth-order valence-electron chi connectivity index (χ4n) is 1.46. The minimum Gasteiger partial charge on any atom is -0.339 e. The van der Waals surface area contributed by atoms with Crippen molar-refractivity contribution in [2.75, 3.05) is 11.6 Å². The first kappa shape index (κ1) is 13.5. The molecule has 0 atom stereocenters. The zero-order chi connectivity index (χ0) is 13.1. The second-order valence-electron chi connectivity index (χ2n) is 3.64. The first-order valence-electron chi connectivity index (χ1n) is 5.20. The Morgan fingerprint density at radius 2 is 2.06 bits per heavy atom. The van der Waals surface area contributed by atoms with E-state index in [1.54, 1.807) is 11.8 Å². The quantitative estimate of drug-likeness (QED) is 0.666. The maximum atomic E-state index is 6.01. The van der Waals surface area contributed by atoms with Crippen molar-refractivity contribution in [2.45, 2.75) is 11.8 Å². The van der Waals surface area contributed by atoms with E-state index >= 15 is 0 Å². The molecule has 0 unspecified atom stereocenters. The number of halogens is 2. The normalized spacial score (nSPS) is 10.4. The van der Waals surface area contributed by atoms with Crippen LogP contribution in [0.4, 0.5) is 11.5 Å². The molecular formula is C12H11Cl2N3S. The van der Waals surface area contributed by atoms with Gasteiger partial charge in [0.2, 0.25) is 5.28 Å². The van der Waals surface area contributed by atoms with Crippen molar-refractivity contribution in [3.63, 3.8) is 0 Å². The molecule has 6 heteroatoms. The minimum atomic E-state index is 0.167. The van der Waals surface area contributed by atoms with E-state index in [1.807, 2.05) is 25.3 Å². The summed E-state index contributed by atoms with van der Waals surface area (Å²) in [6.07, 6.45) is 3.52. The summed E-state index contributed by atoms with van der Waals surface area (Å²) in [5, 5.41) is 3.76. The lowest BCUT2D eigenvalue weighted by Crippen LogP contribution is -1.98. The predicted molar refractivity (Wildman–Crippen MR) is 78.3 cm³/mol. The van der Waals surface area contributed by atoms with E-state index in [0.29, 0.717) is 10.8 Å². The Morgan fingerprint density at radius 3 is 2.72 bits per heavy atom. The third-order valence-electron chi connectivity index (χ3n) is 2.40. The Balaban J connectivity index is 2.31. The predicted octanol–water partition coefficient (Wildman–Crippen LogP) is 4.56. The fourth-order valence-corrected chi connectivity index (χ4v) is 2.23. The molecule has 1 aromatic carbocycles. The van der Waals surface area contributed by atoms with Crippen molar-refractivity contribution >= 4 is 46.5 Å². The Bertz CT molecular complexity index is 575. The molecule has 94 valence electrons. The summed E-state index contributed by atoms with van der Waals surface area (Å²) in [6, 6.07) is 6.13. The topological polar surface area (TPSA) is 37.8 Å². The minimum absolute atomic E-state index is 0.167. The number of aromatic nitrogens is 2. The van der Waals surface area contributed by atoms with Crippen molar-refractivity contribution in [3.05, 3.63) is 40.3 Å². The molecule has 2 rings (SSSR count). The molecule has 0 spiro atoms. The fraction of sp³-hybridized carbons (Fsp3) is 0.167. The monoisotopic (exact) mass is 299 g/mol. The summed E-state index contributed by atoms with van der Waals surface area (Å²) in [4.78, 5) is 9.08. The number of rotatable bonds is 3. The van der Waals surface area contributed by atoms with Gasteiger partial charge in [-0.1, -0.05) is 11.6 Å². The number of hydrogen-bond donors (Lipinski definition) is 1. The molecule has 0 amide bonds. The van der Waals surface area contributed by atoms with E-state index in [0.717, 1.165) is 11.3 Å². The van der Waals surface area contributed by atoms with Crippen molar-refractivity contribution in [1.29, 1.82) is 0 Å². The van der Waals surface area contributed by atoms with Gasteiger partial charge in [0, 0.05) is 10.6 Å². The second-order valence-corrected chi connectivity index (χ2v) is 5.27. The van der Waals surface area contributed by atoms with E-state index in [1.165, 1.54) is 11.1 Å². The van der Waals surface area contributed by atoms with Crippen LogP contribution in [-0.4, -0.2) is 16.2 Å². The summed E-state index contributed by atoms with van der Waals surface area (Å²) < 4.78 is 0. The standard InChI is InChI=1S/C12H11Cl2N3S/c1-7-5-8(18-2)3-4-10(7)16-11-9(13)6-15-12(14)17-11/h3-6H,1-2H3,(H,15,16,17). The van der Waals surface area contributed by atoms with Crippen LogP contribution in [0.3, 0.4) is 0 Å². The van der Waals surface area contributed by atoms with Crippen molar-refractivity contribution < 1.29 is 0 Å². The maximum absolute atomic E-state index is 6.01. The van der Waals surface area contributed by atoms with Crippen LogP contribution < -0.4 is 5.32 Å². The highest BCUT2D eigenvalue weighted by molar-refractivity contribution is 7.98. The van der Waals surface area contributed by atoms with Gasteiger partial charge < -0.3 is 5.32 Å². The van der Waals surface area contributed by atoms with Crippen LogP contribution in [-0.2, 0) is 0 Å². The lowest BCUT2D eigenvalue weighted by atomic mass is 10.2. The Labute approximate surface area is 120 Å². The molecule has 0 aliphatic carbocycles. The molecule has 0 fully saturated rings. The number of anilines is 2. The lowest BCUT2D eigenvalue weighted by molar-refractivity contribution is 1.16. The smallest absolute Gasteiger partial charge is 0.224 e. The molecule has 1 N–H and O–H groups in total. The molecule has 18 heavy (non-hydrogen) atoms. The summed E-state index contributed by atoms with van der Waals surface area (Å²) in [5.41, 5.74) is 2.07. The van der Waals surface area contributed by atoms with Gasteiger partial charge in [0.15, 0.2) is 5.82 Å². The van der Waals surface area contributed by atoms with Crippen molar-refractivity contribution in [2.24, 2.45) is 0 Å². The van der Waals surface area contributed by atoms with Gasteiger partial charge in [-0.15, -0.1) is 11.8 Å². The van der Waals surface area contributed by atoms with Crippen LogP contribution in [0.2, 0.25) is 10.3 Å². The van der Waals surface area contributed by atoms with E-state index in [2.05, 4.69) is 21.4 Å². The SMILES string of the molecule is CSc1ccc(Nc2nc(Cl)ncc2Cl)c(C)c1. The van der Waals surface area contributed by atoms with Crippen LogP contribution in [0, 0.1) is 6.92 Å². The molecule has 0 radical (unpaired) electrons. The number of aryl methyl sites for hydroxylation is 1. The molecule has 3 nitrogen and oxygen atoms in total. The van der Waals surface area contributed by atoms with Crippen molar-refractivity contribution in [3.8, 4) is 0 Å². The van der Waals surface area contributed by atoms with Crippen LogP contribution >= 0.6 is 35.0 Å². The average molecular weight is 300 g/mol. The number of nitrogens with one attached hydrogen (secondary N) is 1. The number of nitrogens with zero attached hydrogens (tertiary/aromatic N) is 2. The Hall–Kier alpha value is -0.970. The van der Waals surface area contributed by atoms with E-state index < -0.39 is 0 Å². The summed E-state index contributed by atoms with van der Waals surface area (Å²) in [6.45, 7) is 2.03. The van der Waals surface area contributed by atoms with E-state index in [9.17, 15) is 0 Å².